The van der Waals surface area contributed by atoms with Crippen LogP contribution in [0.1, 0.15) is 151 Å². The number of fused-ring (bicyclic) bond motifs is 3. The zero-order chi connectivity index (χ0) is 30.7. The molecule has 0 saturated carbocycles. The number of hydrogen-bond donors (Lipinski definition) is 2. The lowest BCUT2D eigenvalue weighted by molar-refractivity contribution is 0.249. The molecule has 2 amide bonds. The van der Waals surface area contributed by atoms with Crippen molar-refractivity contribution in [3.05, 3.63) is 82.9 Å². The minimum atomic E-state index is -0.641. The number of carbonyl (C=O) groups excluding carboxylic acids is 1. The van der Waals surface area contributed by atoms with E-state index in [9.17, 15) is 4.79 Å². The molecule has 3 aromatic rings. The first-order valence-electron chi connectivity index (χ1n) is 18.0. The summed E-state index contributed by atoms with van der Waals surface area (Å²) in [4.78, 5) is 11.8. The van der Waals surface area contributed by atoms with Gasteiger partial charge in [-0.25, -0.2) is 10.2 Å². The molecule has 0 aliphatic heterocycles. The standard InChI is InChI=1S/C40H57N3O/c41-40(44)43-42-39(33-26-20-19-21-27-33)38-32-34-28-24-25-29-35(34)36-30-22-17-15-13-11-9-7-5-3-1-2-4-6-8-10-12-14-16-18-23-31-37(36)38/h19-21,24-29,32H,1-18,22-23,30-31H2,(H3,41,43,44). The summed E-state index contributed by atoms with van der Waals surface area (Å²) in [7, 11) is 0. The lowest BCUT2D eigenvalue weighted by Gasteiger charge is -2.20. The van der Waals surface area contributed by atoms with Gasteiger partial charge in [0.1, 0.15) is 0 Å². The predicted octanol–water partition coefficient (Wildman–Crippen LogP) is 11.2. The Morgan fingerprint density at radius 1 is 0.545 bits per heavy atom. The Kier molecular flexibility index (Phi) is 15.3. The van der Waals surface area contributed by atoms with Crippen LogP contribution >= 0.6 is 0 Å². The monoisotopic (exact) mass is 595 g/mol. The van der Waals surface area contributed by atoms with Crippen molar-refractivity contribution >= 4 is 22.5 Å². The Balaban J connectivity index is 1.60. The van der Waals surface area contributed by atoms with Crippen molar-refractivity contribution < 1.29 is 4.79 Å². The Hall–Kier alpha value is -3.14. The largest absolute Gasteiger partial charge is 0.350 e. The number of carbonyl (C=O) groups is 1. The van der Waals surface area contributed by atoms with Crippen molar-refractivity contribution in [1.82, 2.24) is 5.43 Å². The Bertz CT molecular complexity index is 1280. The molecule has 0 fully saturated rings. The summed E-state index contributed by atoms with van der Waals surface area (Å²) >= 11 is 0. The van der Waals surface area contributed by atoms with Crippen molar-refractivity contribution in [1.29, 1.82) is 0 Å². The molecule has 0 heterocycles. The highest BCUT2D eigenvalue weighted by Gasteiger charge is 2.19. The van der Waals surface area contributed by atoms with Crippen molar-refractivity contribution in [2.24, 2.45) is 10.8 Å². The minimum absolute atomic E-state index is 0.641. The molecule has 238 valence electrons. The van der Waals surface area contributed by atoms with E-state index in [1.807, 2.05) is 18.2 Å². The Morgan fingerprint density at radius 3 is 1.48 bits per heavy atom. The van der Waals surface area contributed by atoms with E-state index in [1.165, 1.54) is 150 Å². The van der Waals surface area contributed by atoms with Crippen LogP contribution in [-0.4, -0.2) is 11.7 Å². The second-order valence-electron chi connectivity index (χ2n) is 13.0. The molecule has 1 aliphatic rings. The van der Waals surface area contributed by atoms with Gasteiger partial charge < -0.3 is 5.73 Å². The lowest BCUT2D eigenvalue weighted by Crippen LogP contribution is -2.26. The number of hydrazone groups is 1. The molecule has 0 spiro atoms. The summed E-state index contributed by atoms with van der Waals surface area (Å²) in [6.45, 7) is 0. The molecule has 3 aromatic carbocycles. The smallest absolute Gasteiger partial charge is 0.332 e. The molecule has 1 aliphatic carbocycles. The van der Waals surface area contributed by atoms with Crippen LogP contribution < -0.4 is 11.2 Å². The summed E-state index contributed by atoms with van der Waals surface area (Å²) in [6, 6.07) is 20.7. The summed E-state index contributed by atoms with van der Waals surface area (Å²) in [5.41, 5.74) is 13.8. The summed E-state index contributed by atoms with van der Waals surface area (Å²) in [6.07, 6.45) is 29.3. The van der Waals surface area contributed by atoms with E-state index in [0.717, 1.165) is 29.7 Å². The number of amides is 2. The zero-order valence-electron chi connectivity index (χ0n) is 27.3. The number of rotatable bonds is 3. The Labute approximate surface area is 267 Å². The van der Waals surface area contributed by atoms with Crippen LogP contribution in [0.4, 0.5) is 4.79 Å². The number of aryl methyl sites for hydroxylation is 1. The van der Waals surface area contributed by atoms with Gasteiger partial charge in [-0.1, -0.05) is 170 Å². The van der Waals surface area contributed by atoms with E-state index in [0.29, 0.717) is 0 Å². The van der Waals surface area contributed by atoms with E-state index >= 15 is 0 Å². The zero-order valence-corrected chi connectivity index (χ0v) is 27.3. The number of nitrogens with one attached hydrogen (secondary N) is 1. The van der Waals surface area contributed by atoms with Crippen molar-refractivity contribution in [3.8, 4) is 0 Å². The van der Waals surface area contributed by atoms with Gasteiger partial charge in [0.15, 0.2) is 0 Å². The molecule has 0 atom stereocenters. The SMILES string of the molecule is NC(=O)NN=C(c1ccccc1)c1cc2ccccc2c2c1CCCCCCCCCCCCCCCCCCCCCC2. The van der Waals surface area contributed by atoms with Crippen LogP contribution in [0, 0.1) is 0 Å². The lowest BCUT2D eigenvalue weighted by atomic mass is 9.85. The second kappa shape index (κ2) is 20.0. The fraction of sp³-hybridized carbons (Fsp3) is 0.550. The van der Waals surface area contributed by atoms with E-state index in [-0.39, 0.29) is 0 Å². The highest BCUT2D eigenvalue weighted by Crippen LogP contribution is 2.31. The van der Waals surface area contributed by atoms with Crippen LogP contribution in [0.5, 0.6) is 0 Å². The maximum atomic E-state index is 11.8. The highest BCUT2D eigenvalue weighted by molar-refractivity contribution is 6.16. The van der Waals surface area contributed by atoms with Crippen molar-refractivity contribution in [3.63, 3.8) is 0 Å². The first kappa shape index (κ1) is 33.7. The molecule has 0 saturated heterocycles. The third-order valence-electron chi connectivity index (χ3n) is 9.46. The number of nitrogens with zero attached hydrogens (tertiary/aromatic N) is 1. The van der Waals surface area contributed by atoms with Gasteiger partial charge in [0, 0.05) is 11.1 Å². The van der Waals surface area contributed by atoms with Gasteiger partial charge in [0.25, 0.3) is 0 Å². The molecule has 0 bridgehead atoms. The molecule has 4 rings (SSSR count). The molecule has 3 N–H and O–H groups in total. The molecular weight excluding hydrogens is 538 g/mol. The summed E-state index contributed by atoms with van der Waals surface area (Å²) < 4.78 is 0. The molecule has 44 heavy (non-hydrogen) atoms. The van der Waals surface area contributed by atoms with Crippen LogP contribution in [0.15, 0.2) is 65.8 Å². The molecule has 0 radical (unpaired) electrons. The molecule has 0 unspecified atom stereocenters. The van der Waals surface area contributed by atoms with E-state index in [4.69, 9.17) is 5.73 Å². The minimum Gasteiger partial charge on any atom is -0.350 e. The second-order valence-corrected chi connectivity index (χ2v) is 13.0. The van der Waals surface area contributed by atoms with Gasteiger partial charge in [-0.05, 0) is 53.6 Å². The van der Waals surface area contributed by atoms with Crippen LogP contribution in [0.25, 0.3) is 10.8 Å². The number of benzene rings is 3. The third-order valence-corrected chi connectivity index (χ3v) is 9.46. The van der Waals surface area contributed by atoms with Gasteiger partial charge in [-0.15, -0.1) is 0 Å². The fourth-order valence-corrected chi connectivity index (χ4v) is 7.02. The van der Waals surface area contributed by atoms with Crippen molar-refractivity contribution in [2.75, 3.05) is 0 Å². The summed E-state index contributed by atoms with van der Waals surface area (Å²) in [5.74, 6) is 0. The van der Waals surface area contributed by atoms with Gasteiger partial charge in [0.05, 0.1) is 5.71 Å². The number of urea groups is 1. The molecular formula is C40H57N3O. The first-order valence-corrected chi connectivity index (χ1v) is 18.0. The van der Waals surface area contributed by atoms with Gasteiger partial charge in [0.2, 0.25) is 0 Å². The highest BCUT2D eigenvalue weighted by atomic mass is 16.2. The van der Waals surface area contributed by atoms with E-state index in [2.05, 4.69) is 53.0 Å². The van der Waals surface area contributed by atoms with Crippen molar-refractivity contribution in [2.45, 2.75) is 141 Å². The average molecular weight is 596 g/mol. The van der Waals surface area contributed by atoms with Gasteiger partial charge in [-0.3, -0.25) is 0 Å². The van der Waals surface area contributed by atoms with Gasteiger partial charge >= 0.3 is 6.03 Å². The van der Waals surface area contributed by atoms with Crippen LogP contribution in [0.2, 0.25) is 0 Å². The number of primary amides is 1. The number of nitrogens with two attached hydrogens (primary N) is 1. The molecule has 4 heteroatoms. The fourth-order valence-electron chi connectivity index (χ4n) is 7.02. The third kappa shape index (κ3) is 11.4. The van der Waals surface area contributed by atoms with Gasteiger partial charge in [-0.2, -0.15) is 5.10 Å². The van der Waals surface area contributed by atoms with Crippen LogP contribution in [-0.2, 0) is 12.8 Å². The number of hydrogen-bond acceptors (Lipinski definition) is 2. The quantitative estimate of drug-likeness (QED) is 0.229. The summed E-state index contributed by atoms with van der Waals surface area (Å²) in [5, 5.41) is 7.21. The predicted molar refractivity (Wildman–Crippen MR) is 188 cm³/mol. The topological polar surface area (TPSA) is 67.5 Å². The average Bonchev–Trinajstić information content (AvgIpc) is 3.04. The van der Waals surface area contributed by atoms with Crippen LogP contribution in [0.3, 0.4) is 0 Å². The normalized spacial score (nSPS) is 18.1. The maximum absolute atomic E-state index is 11.8. The Morgan fingerprint density at radius 2 is 0.977 bits per heavy atom. The molecule has 4 nitrogen and oxygen atoms in total. The maximum Gasteiger partial charge on any atom is 0.332 e. The molecule has 0 aromatic heterocycles. The first-order chi connectivity index (χ1) is 21.7. The van der Waals surface area contributed by atoms with E-state index in [1.54, 1.807) is 0 Å². The van der Waals surface area contributed by atoms with E-state index < -0.39 is 6.03 Å².